The highest BCUT2D eigenvalue weighted by Gasteiger charge is 2.23. The highest BCUT2D eigenvalue weighted by molar-refractivity contribution is 5.86. The van der Waals surface area contributed by atoms with E-state index in [2.05, 4.69) is 32.6 Å². The molecule has 4 aromatic heterocycles. The van der Waals surface area contributed by atoms with Gasteiger partial charge in [0.05, 0.1) is 30.0 Å². The average Bonchev–Trinajstić information content (AvgIpc) is 3.42. The van der Waals surface area contributed by atoms with Gasteiger partial charge in [-0.2, -0.15) is 5.10 Å². The summed E-state index contributed by atoms with van der Waals surface area (Å²) >= 11 is 0. The van der Waals surface area contributed by atoms with Crippen LogP contribution in [0, 0.1) is 0 Å². The number of hydrogen-bond acceptors (Lipinski definition) is 5. The van der Waals surface area contributed by atoms with Crippen LogP contribution in [0.2, 0.25) is 0 Å². The Hall–Kier alpha value is -2.96. The van der Waals surface area contributed by atoms with Gasteiger partial charge < -0.3 is 9.30 Å². The van der Waals surface area contributed by atoms with Crippen molar-refractivity contribution in [1.82, 2.24) is 29.1 Å². The van der Waals surface area contributed by atoms with Crippen LogP contribution in [0.1, 0.15) is 43.1 Å². The van der Waals surface area contributed by atoms with Crippen LogP contribution in [0.4, 0.5) is 5.82 Å². The van der Waals surface area contributed by atoms with Gasteiger partial charge in [-0.1, -0.05) is 18.9 Å². The molecule has 0 spiro atoms. The predicted octanol–water partition coefficient (Wildman–Crippen LogP) is 3.31. The van der Waals surface area contributed by atoms with Gasteiger partial charge in [0.15, 0.2) is 5.65 Å². The molecule has 0 radical (unpaired) electrons. The third-order valence-corrected chi connectivity index (χ3v) is 5.56. The molecule has 0 aromatic carbocycles. The van der Waals surface area contributed by atoms with Gasteiger partial charge in [0.1, 0.15) is 17.3 Å². The van der Waals surface area contributed by atoms with Crippen molar-refractivity contribution < 1.29 is 0 Å². The number of anilines is 1. The van der Waals surface area contributed by atoms with Crippen molar-refractivity contribution in [3.8, 4) is 0 Å². The van der Waals surface area contributed by atoms with Gasteiger partial charge in [0, 0.05) is 26.2 Å². The van der Waals surface area contributed by atoms with Gasteiger partial charge in [-0.3, -0.25) is 4.68 Å². The van der Waals surface area contributed by atoms with Crippen molar-refractivity contribution in [3.05, 3.63) is 48.3 Å². The molecule has 0 N–H and O–H groups in total. The number of aromatic nitrogens is 6. The number of rotatable bonds is 4. The maximum atomic E-state index is 4.99. The second-order valence-corrected chi connectivity index (χ2v) is 7.43. The number of pyridine rings is 1. The number of nitrogens with zero attached hydrogens (tertiary/aromatic N) is 7. The zero-order valence-electron chi connectivity index (χ0n) is 15.7. The van der Waals surface area contributed by atoms with E-state index in [-0.39, 0.29) is 0 Å². The van der Waals surface area contributed by atoms with Crippen LogP contribution in [0.15, 0.2) is 36.8 Å². The Balaban J connectivity index is 1.56. The Morgan fingerprint density at radius 1 is 1.15 bits per heavy atom. The van der Waals surface area contributed by atoms with E-state index in [0.29, 0.717) is 5.92 Å². The van der Waals surface area contributed by atoms with Crippen LogP contribution in [0.5, 0.6) is 0 Å². The minimum absolute atomic E-state index is 0.465. The lowest BCUT2D eigenvalue weighted by atomic mass is 10.1. The number of hydrogen-bond donors (Lipinski definition) is 0. The summed E-state index contributed by atoms with van der Waals surface area (Å²) in [7, 11) is 4.03. The maximum absolute atomic E-state index is 4.99. The lowest BCUT2D eigenvalue weighted by Gasteiger charge is -2.20. The first kappa shape index (κ1) is 16.2. The molecule has 1 aliphatic rings. The van der Waals surface area contributed by atoms with E-state index < -0.39 is 0 Å². The van der Waals surface area contributed by atoms with E-state index in [0.717, 1.165) is 40.6 Å². The standard InChI is InChI=1S/C20H23N7/c1-25(13-15-11-21-17-9-5-6-10-27(15)17)19-16-12-22-26(2)20(16)24-18(23-19)14-7-3-4-8-14/h5-6,9-12,14H,3-4,7-8,13H2,1-2H3. The molecule has 0 atom stereocenters. The Kier molecular flexibility index (Phi) is 3.81. The summed E-state index contributed by atoms with van der Waals surface area (Å²) in [4.78, 5) is 16.5. The summed E-state index contributed by atoms with van der Waals surface area (Å²) in [5, 5.41) is 5.42. The summed E-state index contributed by atoms with van der Waals surface area (Å²) in [6.45, 7) is 0.719. The fourth-order valence-electron chi connectivity index (χ4n) is 4.10. The van der Waals surface area contributed by atoms with Gasteiger partial charge in [0.2, 0.25) is 0 Å². The third kappa shape index (κ3) is 2.74. The minimum Gasteiger partial charge on any atom is -0.353 e. The Labute approximate surface area is 157 Å². The molecular formula is C20H23N7. The molecule has 5 rings (SSSR count). The molecule has 0 aliphatic heterocycles. The SMILES string of the molecule is CN(Cc1cnc2ccccn12)c1nc(C2CCCC2)nc2c1cnn2C. The third-order valence-electron chi connectivity index (χ3n) is 5.56. The molecule has 1 fully saturated rings. The van der Waals surface area contributed by atoms with E-state index in [1.807, 2.05) is 42.3 Å². The first-order valence-corrected chi connectivity index (χ1v) is 9.52. The minimum atomic E-state index is 0.465. The summed E-state index contributed by atoms with van der Waals surface area (Å²) in [6.07, 6.45) is 10.8. The van der Waals surface area contributed by atoms with E-state index >= 15 is 0 Å². The zero-order chi connectivity index (χ0) is 18.4. The summed E-state index contributed by atoms with van der Waals surface area (Å²) < 4.78 is 3.97. The second kappa shape index (κ2) is 6.33. The first-order chi connectivity index (χ1) is 13.2. The molecule has 0 amide bonds. The van der Waals surface area contributed by atoms with Crippen LogP contribution in [-0.4, -0.2) is 36.2 Å². The number of fused-ring (bicyclic) bond motifs is 2. The van der Waals surface area contributed by atoms with Crippen molar-refractivity contribution in [1.29, 1.82) is 0 Å². The maximum Gasteiger partial charge on any atom is 0.163 e. The van der Waals surface area contributed by atoms with Crippen LogP contribution in [0.25, 0.3) is 16.7 Å². The Morgan fingerprint density at radius 2 is 2.00 bits per heavy atom. The highest BCUT2D eigenvalue weighted by Crippen LogP contribution is 2.34. The summed E-state index contributed by atoms with van der Waals surface area (Å²) in [6, 6.07) is 6.05. The molecule has 1 saturated carbocycles. The Morgan fingerprint density at radius 3 is 2.85 bits per heavy atom. The molecule has 4 heterocycles. The molecule has 0 bridgehead atoms. The van der Waals surface area contributed by atoms with Crippen molar-refractivity contribution in [2.45, 2.75) is 38.1 Å². The highest BCUT2D eigenvalue weighted by atomic mass is 15.3. The summed E-state index contributed by atoms with van der Waals surface area (Å²) in [5.74, 6) is 2.37. The largest absolute Gasteiger partial charge is 0.353 e. The molecule has 1 aliphatic carbocycles. The topological polar surface area (TPSA) is 64.1 Å². The fourth-order valence-corrected chi connectivity index (χ4v) is 4.10. The van der Waals surface area contributed by atoms with Crippen LogP contribution in [-0.2, 0) is 13.6 Å². The normalized spacial score (nSPS) is 15.2. The van der Waals surface area contributed by atoms with Gasteiger partial charge in [-0.15, -0.1) is 0 Å². The van der Waals surface area contributed by atoms with Gasteiger partial charge in [-0.05, 0) is 25.0 Å². The monoisotopic (exact) mass is 361 g/mol. The van der Waals surface area contributed by atoms with E-state index in [1.165, 1.54) is 25.7 Å². The second-order valence-electron chi connectivity index (χ2n) is 7.43. The molecule has 7 heteroatoms. The van der Waals surface area contributed by atoms with Gasteiger partial charge >= 0.3 is 0 Å². The lowest BCUT2D eigenvalue weighted by Crippen LogP contribution is -2.20. The van der Waals surface area contributed by atoms with E-state index in [9.17, 15) is 0 Å². The van der Waals surface area contributed by atoms with E-state index in [1.54, 1.807) is 0 Å². The number of imidazole rings is 1. The van der Waals surface area contributed by atoms with Crippen molar-refractivity contribution in [3.63, 3.8) is 0 Å². The number of aryl methyl sites for hydroxylation is 1. The van der Waals surface area contributed by atoms with Crippen molar-refractivity contribution in [2.75, 3.05) is 11.9 Å². The molecule has 0 saturated heterocycles. The van der Waals surface area contributed by atoms with E-state index in [4.69, 9.17) is 9.97 Å². The molecule has 138 valence electrons. The predicted molar refractivity (Wildman–Crippen MR) is 105 cm³/mol. The van der Waals surface area contributed by atoms with Crippen LogP contribution in [0.3, 0.4) is 0 Å². The quantitative estimate of drug-likeness (QED) is 0.558. The first-order valence-electron chi connectivity index (χ1n) is 9.52. The average molecular weight is 361 g/mol. The van der Waals surface area contributed by atoms with Crippen LogP contribution < -0.4 is 4.90 Å². The molecule has 4 aromatic rings. The molecule has 0 unspecified atom stereocenters. The summed E-state index contributed by atoms with van der Waals surface area (Å²) in [5.41, 5.74) is 3.00. The van der Waals surface area contributed by atoms with Gasteiger partial charge in [0.25, 0.3) is 0 Å². The van der Waals surface area contributed by atoms with Crippen LogP contribution >= 0.6 is 0 Å². The Bertz CT molecular complexity index is 1100. The zero-order valence-corrected chi connectivity index (χ0v) is 15.7. The smallest absolute Gasteiger partial charge is 0.163 e. The van der Waals surface area contributed by atoms with Gasteiger partial charge in [-0.25, -0.2) is 15.0 Å². The molecule has 7 nitrogen and oxygen atoms in total. The fraction of sp³-hybridized carbons (Fsp3) is 0.400. The molecule has 27 heavy (non-hydrogen) atoms. The van der Waals surface area contributed by atoms with Crippen molar-refractivity contribution >= 4 is 22.5 Å². The van der Waals surface area contributed by atoms with Crippen molar-refractivity contribution in [2.24, 2.45) is 7.05 Å². The molecular weight excluding hydrogens is 338 g/mol. The lowest BCUT2D eigenvalue weighted by molar-refractivity contribution is 0.664.